The van der Waals surface area contributed by atoms with Gasteiger partial charge in [-0.15, -0.1) is 0 Å². The fourth-order valence-corrected chi connectivity index (χ4v) is 1.99. The molecule has 0 radical (unpaired) electrons. The molecule has 0 amide bonds. The van der Waals surface area contributed by atoms with Gasteiger partial charge in [0, 0.05) is 11.2 Å². The van der Waals surface area contributed by atoms with E-state index in [4.69, 9.17) is 23.8 Å². The first-order valence-electron chi connectivity index (χ1n) is 5.70. The fraction of sp³-hybridized carbons (Fsp3) is 0.385. The van der Waals surface area contributed by atoms with Gasteiger partial charge in [-0.25, -0.2) is 4.79 Å². The van der Waals surface area contributed by atoms with Gasteiger partial charge in [0.25, 0.3) is 0 Å². The highest BCUT2D eigenvalue weighted by molar-refractivity contribution is 7.80. The molecule has 0 aliphatic rings. The zero-order chi connectivity index (χ0) is 14.6. The molecule has 1 aromatic carbocycles. The Morgan fingerprint density at radius 1 is 1.37 bits per heavy atom. The molecule has 0 fully saturated rings. The number of anilines is 1. The molecule has 0 heterocycles. The minimum Gasteiger partial charge on any atom is -0.465 e. The van der Waals surface area contributed by atoms with Gasteiger partial charge in [-0.05, 0) is 51.2 Å². The highest BCUT2D eigenvalue weighted by Gasteiger charge is 2.14. The lowest BCUT2D eigenvalue weighted by molar-refractivity contribution is 0.0601. The van der Waals surface area contributed by atoms with E-state index in [0.717, 1.165) is 0 Å². The Balaban J connectivity index is 2.86. The summed E-state index contributed by atoms with van der Waals surface area (Å²) in [5, 5.41) is 6.93. The summed E-state index contributed by atoms with van der Waals surface area (Å²) in [7, 11) is 1.31. The largest absolute Gasteiger partial charge is 0.465 e. The third-order valence-electron chi connectivity index (χ3n) is 2.12. The number of carbonyl (C=O) groups excluding carboxylic acids is 1. The average molecular weight is 301 g/mol. The Morgan fingerprint density at radius 2 is 2.00 bits per heavy atom. The molecule has 19 heavy (non-hydrogen) atoms. The Bertz CT molecular complexity index is 498. The Morgan fingerprint density at radius 3 is 2.53 bits per heavy atom. The molecule has 0 atom stereocenters. The van der Waals surface area contributed by atoms with Crippen LogP contribution in [0.2, 0.25) is 5.02 Å². The van der Waals surface area contributed by atoms with Crippen molar-refractivity contribution in [3.63, 3.8) is 0 Å². The third kappa shape index (κ3) is 5.04. The van der Waals surface area contributed by atoms with Crippen LogP contribution < -0.4 is 10.6 Å². The molecule has 0 aliphatic carbocycles. The highest BCUT2D eigenvalue weighted by atomic mass is 35.5. The van der Waals surface area contributed by atoms with Crippen LogP contribution in [0.4, 0.5) is 5.69 Å². The summed E-state index contributed by atoms with van der Waals surface area (Å²) in [6.45, 7) is 6.01. The average Bonchev–Trinajstić information content (AvgIpc) is 2.28. The predicted octanol–water partition coefficient (Wildman–Crippen LogP) is 3.21. The number of hydrogen-bond acceptors (Lipinski definition) is 3. The molecule has 0 aromatic heterocycles. The minimum absolute atomic E-state index is 0.137. The van der Waals surface area contributed by atoms with E-state index >= 15 is 0 Å². The monoisotopic (exact) mass is 300 g/mol. The van der Waals surface area contributed by atoms with Gasteiger partial charge >= 0.3 is 5.97 Å². The van der Waals surface area contributed by atoms with Gasteiger partial charge in [0.15, 0.2) is 5.11 Å². The van der Waals surface area contributed by atoms with Gasteiger partial charge < -0.3 is 15.4 Å². The molecular weight excluding hydrogens is 284 g/mol. The summed E-state index contributed by atoms with van der Waals surface area (Å²) in [4.78, 5) is 11.5. The van der Waals surface area contributed by atoms with Crippen molar-refractivity contribution in [2.24, 2.45) is 0 Å². The number of methoxy groups -OCH3 is 1. The number of esters is 1. The predicted molar refractivity (Wildman–Crippen MR) is 81.9 cm³/mol. The summed E-state index contributed by atoms with van der Waals surface area (Å²) < 4.78 is 4.66. The van der Waals surface area contributed by atoms with Gasteiger partial charge in [-0.2, -0.15) is 0 Å². The number of ether oxygens (including phenoxy) is 1. The number of carbonyl (C=O) groups is 1. The van der Waals surface area contributed by atoms with Crippen molar-refractivity contribution in [3.05, 3.63) is 28.8 Å². The zero-order valence-corrected chi connectivity index (χ0v) is 12.9. The Hall–Kier alpha value is -1.33. The maximum absolute atomic E-state index is 11.5. The van der Waals surface area contributed by atoms with Crippen LogP contribution in [-0.4, -0.2) is 23.7 Å². The Kier molecular flexibility index (Phi) is 5.14. The second kappa shape index (κ2) is 6.21. The topological polar surface area (TPSA) is 50.4 Å². The Labute approximate surface area is 123 Å². The molecule has 104 valence electrons. The van der Waals surface area contributed by atoms with Gasteiger partial charge in [0.05, 0.1) is 17.7 Å². The zero-order valence-electron chi connectivity index (χ0n) is 11.3. The highest BCUT2D eigenvalue weighted by Crippen LogP contribution is 2.21. The smallest absolute Gasteiger partial charge is 0.339 e. The van der Waals surface area contributed by atoms with Crippen molar-refractivity contribution in [1.82, 2.24) is 5.32 Å². The summed E-state index contributed by atoms with van der Waals surface area (Å²) in [6.07, 6.45) is 0. The SMILES string of the molecule is COC(=O)c1cc(NC(=S)NC(C)(C)C)ccc1Cl. The lowest BCUT2D eigenvalue weighted by Gasteiger charge is -2.23. The number of rotatable bonds is 2. The first-order chi connectivity index (χ1) is 8.73. The molecule has 0 unspecified atom stereocenters. The van der Waals surface area contributed by atoms with Gasteiger partial charge in [-0.3, -0.25) is 0 Å². The number of nitrogens with one attached hydrogen (secondary N) is 2. The van der Waals surface area contributed by atoms with Crippen LogP contribution in [-0.2, 0) is 4.74 Å². The van der Waals surface area contributed by atoms with E-state index in [1.54, 1.807) is 18.2 Å². The quantitative estimate of drug-likeness (QED) is 0.649. The fourth-order valence-electron chi connectivity index (χ4n) is 1.37. The molecule has 0 saturated carbocycles. The standard InChI is InChI=1S/C13H17ClN2O2S/c1-13(2,3)16-12(19)15-8-5-6-10(14)9(7-8)11(17)18-4/h5-7H,1-4H3,(H2,15,16,19). The van der Waals surface area contributed by atoms with Crippen LogP contribution in [0.1, 0.15) is 31.1 Å². The van der Waals surface area contributed by atoms with Crippen molar-refractivity contribution in [2.45, 2.75) is 26.3 Å². The lowest BCUT2D eigenvalue weighted by atomic mass is 10.1. The maximum Gasteiger partial charge on any atom is 0.339 e. The van der Waals surface area contributed by atoms with E-state index in [-0.39, 0.29) is 5.54 Å². The molecule has 0 spiro atoms. The van der Waals surface area contributed by atoms with E-state index < -0.39 is 5.97 Å². The second-order valence-corrected chi connectivity index (χ2v) is 5.83. The number of thiocarbonyl (C=S) groups is 1. The van der Waals surface area contributed by atoms with Crippen LogP contribution in [0.15, 0.2) is 18.2 Å². The van der Waals surface area contributed by atoms with Crippen molar-refractivity contribution >= 4 is 40.6 Å². The normalized spacial score (nSPS) is 10.8. The van der Waals surface area contributed by atoms with Crippen molar-refractivity contribution in [2.75, 3.05) is 12.4 Å². The summed E-state index contributed by atoms with van der Waals surface area (Å²) in [6, 6.07) is 4.96. The summed E-state index contributed by atoms with van der Waals surface area (Å²) in [5.74, 6) is -0.483. The molecule has 0 saturated heterocycles. The molecule has 0 aliphatic heterocycles. The van der Waals surface area contributed by atoms with E-state index in [9.17, 15) is 4.79 Å². The third-order valence-corrected chi connectivity index (χ3v) is 2.65. The van der Waals surface area contributed by atoms with E-state index in [1.807, 2.05) is 20.8 Å². The summed E-state index contributed by atoms with van der Waals surface area (Å²) >= 11 is 11.1. The second-order valence-electron chi connectivity index (χ2n) is 5.02. The number of hydrogen-bond donors (Lipinski definition) is 2. The van der Waals surface area contributed by atoms with E-state index in [0.29, 0.717) is 21.4 Å². The van der Waals surface area contributed by atoms with Crippen molar-refractivity contribution in [1.29, 1.82) is 0 Å². The molecule has 6 heteroatoms. The summed E-state index contributed by atoms with van der Waals surface area (Å²) in [5.41, 5.74) is 0.834. The van der Waals surface area contributed by atoms with Crippen molar-refractivity contribution < 1.29 is 9.53 Å². The molecule has 2 N–H and O–H groups in total. The van der Waals surface area contributed by atoms with Crippen LogP contribution in [0, 0.1) is 0 Å². The molecule has 1 aromatic rings. The van der Waals surface area contributed by atoms with Crippen LogP contribution >= 0.6 is 23.8 Å². The van der Waals surface area contributed by atoms with Gasteiger partial charge in [0.1, 0.15) is 0 Å². The first-order valence-corrected chi connectivity index (χ1v) is 6.48. The maximum atomic E-state index is 11.5. The molecule has 1 rings (SSSR count). The van der Waals surface area contributed by atoms with Crippen LogP contribution in [0.25, 0.3) is 0 Å². The van der Waals surface area contributed by atoms with Crippen LogP contribution in [0.5, 0.6) is 0 Å². The molecule has 4 nitrogen and oxygen atoms in total. The van der Waals surface area contributed by atoms with Crippen LogP contribution in [0.3, 0.4) is 0 Å². The minimum atomic E-state index is -0.483. The molecular formula is C13H17ClN2O2S. The van der Waals surface area contributed by atoms with E-state index in [1.165, 1.54) is 7.11 Å². The van der Waals surface area contributed by atoms with Gasteiger partial charge in [-0.1, -0.05) is 11.6 Å². The number of benzene rings is 1. The lowest BCUT2D eigenvalue weighted by Crippen LogP contribution is -2.42. The first kappa shape index (κ1) is 15.7. The van der Waals surface area contributed by atoms with E-state index in [2.05, 4.69) is 15.4 Å². The number of halogens is 1. The molecule has 0 bridgehead atoms. The van der Waals surface area contributed by atoms with Gasteiger partial charge in [0.2, 0.25) is 0 Å². The van der Waals surface area contributed by atoms with Crippen molar-refractivity contribution in [3.8, 4) is 0 Å².